The summed E-state index contributed by atoms with van der Waals surface area (Å²) >= 11 is 0. The number of hydrogen-bond acceptors (Lipinski definition) is 4. The van der Waals surface area contributed by atoms with Crippen LogP contribution >= 0.6 is 0 Å². The Kier molecular flexibility index (Phi) is 2.06. The van der Waals surface area contributed by atoms with E-state index in [2.05, 4.69) is 5.18 Å². The first-order valence-corrected chi connectivity index (χ1v) is 4.78. The molecule has 1 saturated heterocycles. The van der Waals surface area contributed by atoms with Gasteiger partial charge in [0.25, 0.3) is 0 Å². The van der Waals surface area contributed by atoms with Crippen LogP contribution in [-0.4, -0.2) is 28.8 Å². The Morgan fingerprint density at radius 3 is 2.93 bits per heavy atom. The average molecular weight is 199 g/mol. The Bertz CT molecular complexity index is 280. The lowest BCUT2D eigenvalue weighted by atomic mass is 9.76. The number of hydrogen-bond donors (Lipinski definition) is 1. The molecular weight excluding hydrogens is 186 g/mol. The summed E-state index contributed by atoms with van der Waals surface area (Å²) in [5.41, 5.74) is -0.306. The number of carboxylic acid groups (broad SMARTS) is 1. The van der Waals surface area contributed by atoms with E-state index in [1.807, 2.05) is 6.92 Å². The van der Waals surface area contributed by atoms with Gasteiger partial charge in [0.15, 0.2) is 0 Å². The van der Waals surface area contributed by atoms with Crippen LogP contribution in [0, 0.1) is 10.8 Å². The summed E-state index contributed by atoms with van der Waals surface area (Å²) in [4.78, 5) is 21.0. The van der Waals surface area contributed by atoms with E-state index in [9.17, 15) is 9.70 Å². The summed E-state index contributed by atoms with van der Waals surface area (Å²) in [6, 6.07) is -0.264. The van der Waals surface area contributed by atoms with Gasteiger partial charge in [0.05, 0.1) is 24.2 Å². The van der Waals surface area contributed by atoms with Crippen LogP contribution in [0.1, 0.15) is 26.2 Å². The Morgan fingerprint density at radius 1 is 1.64 bits per heavy atom. The highest BCUT2D eigenvalue weighted by molar-refractivity contribution is 5.67. The van der Waals surface area contributed by atoms with E-state index in [4.69, 9.17) is 9.84 Å². The highest BCUT2D eigenvalue weighted by Crippen LogP contribution is 2.52. The normalized spacial score (nSPS) is 45.4. The van der Waals surface area contributed by atoms with Gasteiger partial charge in [-0.1, -0.05) is 5.18 Å². The molecule has 0 radical (unpaired) electrons. The zero-order valence-corrected chi connectivity index (χ0v) is 7.97. The number of nitrogens with zero attached hydrogens (tertiary/aromatic N) is 1. The van der Waals surface area contributed by atoms with Crippen LogP contribution in [0.3, 0.4) is 0 Å². The van der Waals surface area contributed by atoms with Crippen LogP contribution in [0.4, 0.5) is 0 Å². The van der Waals surface area contributed by atoms with Gasteiger partial charge in [0.1, 0.15) is 0 Å². The van der Waals surface area contributed by atoms with E-state index in [0.717, 1.165) is 0 Å². The highest BCUT2D eigenvalue weighted by atomic mass is 16.6. The van der Waals surface area contributed by atoms with Crippen molar-refractivity contribution in [3.63, 3.8) is 0 Å². The van der Waals surface area contributed by atoms with E-state index < -0.39 is 5.97 Å². The Hall–Kier alpha value is -0.970. The van der Waals surface area contributed by atoms with Crippen molar-refractivity contribution in [2.24, 2.45) is 11.1 Å². The van der Waals surface area contributed by atoms with Gasteiger partial charge in [-0.3, -0.25) is 4.79 Å². The van der Waals surface area contributed by atoms with E-state index in [1.54, 1.807) is 0 Å². The van der Waals surface area contributed by atoms with Gasteiger partial charge in [-0.25, -0.2) is 0 Å². The molecule has 0 spiro atoms. The molecule has 0 aromatic rings. The molecule has 0 bridgehead atoms. The van der Waals surface area contributed by atoms with Gasteiger partial charge in [-0.15, -0.1) is 0 Å². The van der Waals surface area contributed by atoms with Gasteiger partial charge in [0, 0.05) is 12.3 Å². The molecule has 1 saturated carbocycles. The summed E-state index contributed by atoms with van der Waals surface area (Å²) < 4.78 is 5.45. The van der Waals surface area contributed by atoms with Crippen LogP contribution in [0.25, 0.3) is 0 Å². The zero-order chi connectivity index (χ0) is 10.3. The number of ether oxygens (including phenoxy) is 1. The number of aliphatic carboxylic acids is 1. The van der Waals surface area contributed by atoms with Crippen LogP contribution in [0.5, 0.6) is 0 Å². The molecule has 5 heteroatoms. The molecule has 1 unspecified atom stereocenters. The van der Waals surface area contributed by atoms with Gasteiger partial charge in [-0.2, -0.15) is 4.91 Å². The minimum atomic E-state index is -0.836. The summed E-state index contributed by atoms with van der Waals surface area (Å²) in [5.74, 6) is -0.904. The molecule has 14 heavy (non-hydrogen) atoms. The van der Waals surface area contributed by atoms with Crippen LogP contribution in [0.2, 0.25) is 0 Å². The second kappa shape index (κ2) is 3.02. The molecular formula is C9H13NO4. The predicted molar refractivity (Wildman–Crippen MR) is 47.8 cm³/mol. The van der Waals surface area contributed by atoms with Crippen molar-refractivity contribution in [2.45, 2.75) is 43.9 Å². The molecule has 1 heterocycles. The number of fused-ring (bicyclic) bond motifs is 1. The minimum absolute atomic E-state index is 0.0447. The molecule has 1 N–H and O–H groups in total. The maximum absolute atomic E-state index is 10.6. The zero-order valence-electron chi connectivity index (χ0n) is 7.97. The van der Waals surface area contributed by atoms with Crippen molar-refractivity contribution in [1.29, 1.82) is 0 Å². The molecule has 4 atom stereocenters. The lowest BCUT2D eigenvalue weighted by molar-refractivity contribution is -0.138. The first-order valence-electron chi connectivity index (χ1n) is 4.78. The second-order valence-corrected chi connectivity index (χ2v) is 4.32. The van der Waals surface area contributed by atoms with E-state index in [-0.39, 0.29) is 30.1 Å². The quantitative estimate of drug-likeness (QED) is 0.546. The van der Waals surface area contributed by atoms with Gasteiger partial charge in [0.2, 0.25) is 0 Å². The van der Waals surface area contributed by atoms with Crippen molar-refractivity contribution in [1.82, 2.24) is 0 Å². The predicted octanol–water partition coefficient (Wildman–Crippen LogP) is 1.16. The SMILES string of the molecule is C[C@]12O[C@H]1C[C@H](N=O)CC2CC(=O)O. The average Bonchev–Trinajstić information content (AvgIpc) is 2.76. The van der Waals surface area contributed by atoms with Crippen molar-refractivity contribution in [3.05, 3.63) is 4.91 Å². The second-order valence-electron chi connectivity index (χ2n) is 4.32. The number of rotatable bonds is 3. The molecule has 0 aromatic heterocycles. The van der Waals surface area contributed by atoms with Gasteiger partial charge in [-0.05, 0) is 13.3 Å². The van der Waals surface area contributed by atoms with Crippen LogP contribution < -0.4 is 0 Å². The smallest absolute Gasteiger partial charge is 0.303 e. The van der Waals surface area contributed by atoms with E-state index >= 15 is 0 Å². The van der Waals surface area contributed by atoms with Crippen LogP contribution in [-0.2, 0) is 9.53 Å². The topological polar surface area (TPSA) is 79.3 Å². The van der Waals surface area contributed by atoms with Gasteiger partial charge < -0.3 is 9.84 Å². The number of epoxide rings is 1. The fourth-order valence-corrected chi connectivity index (χ4v) is 2.40. The highest BCUT2D eigenvalue weighted by Gasteiger charge is 2.61. The maximum Gasteiger partial charge on any atom is 0.303 e. The Morgan fingerprint density at radius 2 is 2.36 bits per heavy atom. The molecule has 0 amide bonds. The largest absolute Gasteiger partial charge is 0.481 e. The number of carboxylic acids is 1. The molecule has 2 rings (SSSR count). The summed E-state index contributed by atoms with van der Waals surface area (Å²) in [6.45, 7) is 1.92. The third kappa shape index (κ3) is 1.41. The number of nitroso groups, excluding NO2 is 1. The lowest BCUT2D eigenvalue weighted by Gasteiger charge is -2.26. The van der Waals surface area contributed by atoms with Crippen molar-refractivity contribution >= 4 is 5.97 Å². The Labute approximate surface area is 81.4 Å². The number of carbonyl (C=O) groups is 1. The first-order chi connectivity index (χ1) is 6.56. The van der Waals surface area contributed by atoms with E-state index in [1.165, 1.54) is 0 Å². The summed E-state index contributed by atoms with van der Waals surface area (Å²) in [5, 5.41) is 11.7. The molecule has 5 nitrogen and oxygen atoms in total. The fraction of sp³-hybridized carbons (Fsp3) is 0.889. The monoisotopic (exact) mass is 199 g/mol. The molecule has 78 valence electrons. The van der Waals surface area contributed by atoms with Crippen molar-refractivity contribution in [2.75, 3.05) is 0 Å². The molecule has 1 aliphatic heterocycles. The lowest BCUT2D eigenvalue weighted by Crippen LogP contribution is -2.34. The summed E-state index contributed by atoms with van der Waals surface area (Å²) in [6.07, 6.45) is 1.31. The third-order valence-electron chi connectivity index (χ3n) is 3.40. The molecule has 0 aromatic carbocycles. The van der Waals surface area contributed by atoms with E-state index in [0.29, 0.717) is 12.8 Å². The Balaban J connectivity index is 2.05. The fourth-order valence-electron chi connectivity index (χ4n) is 2.40. The molecule has 1 aliphatic carbocycles. The minimum Gasteiger partial charge on any atom is -0.481 e. The maximum atomic E-state index is 10.6. The molecule has 2 fully saturated rings. The third-order valence-corrected chi connectivity index (χ3v) is 3.40. The summed E-state index contributed by atoms with van der Waals surface area (Å²) in [7, 11) is 0. The van der Waals surface area contributed by atoms with Crippen molar-refractivity contribution < 1.29 is 14.6 Å². The van der Waals surface area contributed by atoms with Crippen LogP contribution in [0.15, 0.2) is 5.18 Å². The standard InChI is InChI=1S/C9H13NO4/c1-9-5(3-8(11)12)2-6(10-13)4-7(9)14-9/h5-7H,2-4H2,1H3,(H,11,12)/t5?,6-,7+,9-/m1/s1. The molecule has 2 aliphatic rings. The van der Waals surface area contributed by atoms with Crippen molar-refractivity contribution in [3.8, 4) is 0 Å². The van der Waals surface area contributed by atoms with Gasteiger partial charge >= 0.3 is 5.97 Å². The first kappa shape index (κ1) is 9.58.